The molecule has 1 aromatic heterocycles. The number of hydrogen-bond donors (Lipinski definition) is 2. The Labute approximate surface area is 153 Å². The number of nitrogens with one attached hydrogen (secondary N) is 2. The normalized spacial score (nSPS) is 10.6. The average Bonchev–Trinajstić information content (AvgIpc) is 2.62. The van der Waals surface area contributed by atoms with E-state index in [1.807, 2.05) is 68.4 Å². The molecule has 0 atom stereocenters. The van der Waals surface area contributed by atoms with Crippen LogP contribution < -0.4 is 10.6 Å². The fourth-order valence-electron chi connectivity index (χ4n) is 2.55. The third-order valence-corrected chi connectivity index (χ3v) is 3.75. The van der Waals surface area contributed by atoms with Gasteiger partial charge in [-0.25, -0.2) is 4.98 Å². The van der Waals surface area contributed by atoms with Gasteiger partial charge in [-0.05, 0) is 32.9 Å². The molecule has 2 N–H and O–H groups in total. The highest BCUT2D eigenvalue weighted by molar-refractivity contribution is 5.95. The second kappa shape index (κ2) is 7.78. The predicted molar refractivity (Wildman–Crippen MR) is 106 cm³/mol. The standard InChI is InChI=1S/C21H22N4O/c1-14(2)22-21-24-19(16-8-5-4-6-9-16)13-20(25-21)23-18-11-7-10-17(12-18)15(3)26/h4-14H,1-3H3,(H2,22,23,24,25). The SMILES string of the molecule is CC(=O)c1cccc(Nc2cc(-c3ccccc3)nc(NC(C)C)n2)c1. The molecule has 1 heterocycles. The molecule has 0 aliphatic rings. The molecule has 0 radical (unpaired) electrons. The second-order valence-electron chi connectivity index (χ2n) is 6.39. The van der Waals surface area contributed by atoms with E-state index in [1.165, 1.54) is 0 Å². The minimum atomic E-state index is 0.0310. The minimum Gasteiger partial charge on any atom is -0.352 e. The van der Waals surface area contributed by atoms with Crippen LogP contribution in [-0.2, 0) is 0 Å². The highest BCUT2D eigenvalue weighted by atomic mass is 16.1. The van der Waals surface area contributed by atoms with E-state index >= 15 is 0 Å². The zero-order chi connectivity index (χ0) is 18.5. The highest BCUT2D eigenvalue weighted by Crippen LogP contribution is 2.24. The lowest BCUT2D eigenvalue weighted by Gasteiger charge is -2.13. The van der Waals surface area contributed by atoms with Crippen LogP contribution in [0.3, 0.4) is 0 Å². The van der Waals surface area contributed by atoms with Crippen molar-refractivity contribution >= 4 is 23.2 Å². The molecule has 0 aliphatic carbocycles. The van der Waals surface area contributed by atoms with Crippen molar-refractivity contribution in [3.8, 4) is 11.3 Å². The van der Waals surface area contributed by atoms with Crippen molar-refractivity contribution < 1.29 is 4.79 Å². The van der Waals surface area contributed by atoms with Crippen LogP contribution in [-0.4, -0.2) is 21.8 Å². The summed E-state index contributed by atoms with van der Waals surface area (Å²) in [5.41, 5.74) is 3.31. The summed E-state index contributed by atoms with van der Waals surface area (Å²) in [6.45, 7) is 5.64. The number of nitrogens with zero attached hydrogens (tertiary/aromatic N) is 2. The lowest BCUT2D eigenvalue weighted by Crippen LogP contribution is -2.13. The van der Waals surface area contributed by atoms with Gasteiger partial charge < -0.3 is 10.6 Å². The molecule has 0 amide bonds. The van der Waals surface area contributed by atoms with E-state index in [9.17, 15) is 4.79 Å². The van der Waals surface area contributed by atoms with Gasteiger partial charge in [-0.15, -0.1) is 0 Å². The van der Waals surface area contributed by atoms with Gasteiger partial charge in [-0.2, -0.15) is 4.98 Å². The van der Waals surface area contributed by atoms with Gasteiger partial charge in [0.15, 0.2) is 5.78 Å². The Balaban J connectivity index is 1.97. The van der Waals surface area contributed by atoms with Gasteiger partial charge in [0.05, 0.1) is 5.69 Å². The molecular formula is C21H22N4O. The van der Waals surface area contributed by atoms with Crippen LogP contribution in [0.15, 0.2) is 60.7 Å². The summed E-state index contributed by atoms with van der Waals surface area (Å²) in [4.78, 5) is 20.8. The van der Waals surface area contributed by atoms with E-state index < -0.39 is 0 Å². The number of ketones is 1. The monoisotopic (exact) mass is 346 g/mol. The van der Waals surface area contributed by atoms with E-state index in [2.05, 4.69) is 20.6 Å². The molecule has 26 heavy (non-hydrogen) atoms. The van der Waals surface area contributed by atoms with E-state index in [0.29, 0.717) is 17.3 Å². The van der Waals surface area contributed by atoms with Crippen LogP contribution in [0.1, 0.15) is 31.1 Å². The molecule has 3 rings (SSSR count). The summed E-state index contributed by atoms with van der Waals surface area (Å²) in [6.07, 6.45) is 0. The number of Topliss-reactive ketones (excluding diaryl/α,β-unsaturated/α-hetero) is 1. The summed E-state index contributed by atoms with van der Waals surface area (Å²) in [6, 6.07) is 19.5. The highest BCUT2D eigenvalue weighted by Gasteiger charge is 2.09. The maximum Gasteiger partial charge on any atom is 0.225 e. The zero-order valence-corrected chi connectivity index (χ0v) is 15.2. The molecular weight excluding hydrogens is 324 g/mol. The number of benzene rings is 2. The quantitative estimate of drug-likeness (QED) is 0.621. The van der Waals surface area contributed by atoms with Gasteiger partial charge in [-0.3, -0.25) is 4.79 Å². The fourth-order valence-corrected chi connectivity index (χ4v) is 2.55. The van der Waals surface area contributed by atoms with E-state index in [4.69, 9.17) is 0 Å². The van der Waals surface area contributed by atoms with Crippen LogP contribution in [0.25, 0.3) is 11.3 Å². The number of aromatic nitrogens is 2. The molecule has 0 spiro atoms. The maximum absolute atomic E-state index is 11.6. The Morgan fingerprint density at radius 2 is 1.73 bits per heavy atom. The van der Waals surface area contributed by atoms with Crippen LogP contribution in [0.5, 0.6) is 0 Å². The van der Waals surface area contributed by atoms with Crippen LogP contribution in [0.2, 0.25) is 0 Å². The van der Waals surface area contributed by atoms with Gasteiger partial charge in [0, 0.05) is 28.9 Å². The van der Waals surface area contributed by atoms with Crippen molar-refractivity contribution in [1.29, 1.82) is 0 Å². The molecule has 2 aromatic carbocycles. The van der Waals surface area contributed by atoms with Crippen LogP contribution >= 0.6 is 0 Å². The van der Waals surface area contributed by atoms with E-state index in [-0.39, 0.29) is 11.8 Å². The van der Waals surface area contributed by atoms with Gasteiger partial charge in [0.1, 0.15) is 5.82 Å². The third-order valence-electron chi connectivity index (χ3n) is 3.75. The molecule has 5 heteroatoms. The number of anilines is 3. The Morgan fingerprint density at radius 3 is 2.42 bits per heavy atom. The molecule has 3 aromatic rings. The molecule has 0 saturated carbocycles. The van der Waals surface area contributed by atoms with Crippen molar-refractivity contribution in [1.82, 2.24) is 9.97 Å². The van der Waals surface area contributed by atoms with E-state index in [1.54, 1.807) is 13.0 Å². The smallest absolute Gasteiger partial charge is 0.225 e. The second-order valence-corrected chi connectivity index (χ2v) is 6.39. The zero-order valence-electron chi connectivity index (χ0n) is 15.2. The van der Waals surface area contributed by atoms with Gasteiger partial charge in [-0.1, -0.05) is 42.5 Å². The molecule has 0 aliphatic heterocycles. The van der Waals surface area contributed by atoms with Crippen molar-refractivity contribution in [2.45, 2.75) is 26.8 Å². The van der Waals surface area contributed by atoms with Gasteiger partial charge in [0.2, 0.25) is 5.95 Å². The number of carbonyl (C=O) groups is 1. The topological polar surface area (TPSA) is 66.9 Å². The Bertz CT molecular complexity index is 907. The molecule has 0 bridgehead atoms. The largest absolute Gasteiger partial charge is 0.352 e. The molecule has 0 unspecified atom stereocenters. The third kappa shape index (κ3) is 4.45. The lowest BCUT2D eigenvalue weighted by atomic mass is 10.1. The Morgan fingerprint density at radius 1 is 0.962 bits per heavy atom. The predicted octanol–water partition coefficient (Wildman–Crippen LogP) is 4.91. The minimum absolute atomic E-state index is 0.0310. The van der Waals surface area contributed by atoms with Crippen molar-refractivity contribution in [2.24, 2.45) is 0 Å². The van der Waals surface area contributed by atoms with E-state index in [0.717, 1.165) is 16.9 Å². The van der Waals surface area contributed by atoms with Crippen molar-refractivity contribution in [3.05, 3.63) is 66.2 Å². The first-order chi connectivity index (χ1) is 12.5. The van der Waals surface area contributed by atoms with Crippen molar-refractivity contribution in [3.63, 3.8) is 0 Å². The molecule has 0 fully saturated rings. The lowest BCUT2D eigenvalue weighted by molar-refractivity contribution is 0.101. The first-order valence-electron chi connectivity index (χ1n) is 8.60. The molecule has 5 nitrogen and oxygen atoms in total. The molecule has 132 valence electrons. The average molecular weight is 346 g/mol. The van der Waals surface area contributed by atoms with Crippen molar-refractivity contribution in [2.75, 3.05) is 10.6 Å². The van der Waals surface area contributed by atoms with Gasteiger partial charge in [0.25, 0.3) is 0 Å². The first-order valence-corrected chi connectivity index (χ1v) is 8.60. The summed E-state index contributed by atoms with van der Waals surface area (Å²) in [7, 11) is 0. The summed E-state index contributed by atoms with van der Waals surface area (Å²) in [5, 5.41) is 6.53. The maximum atomic E-state index is 11.6. The Hall–Kier alpha value is -3.21. The summed E-state index contributed by atoms with van der Waals surface area (Å²) >= 11 is 0. The molecule has 0 saturated heterocycles. The summed E-state index contributed by atoms with van der Waals surface area (Å²) in [5.74, 6) is 1.26. The first kappa shape index (κ1) is 17.6. The number of hydrogen-bond acceptors (Lipinski definition) is 5. The Kier molecular flexibility index (Phi) is 5.27. The van der Waals surface area contributed by atoms with Gasteiger partial charge >= 0.3 is 0 Å². The van der Waals surface area contributed by atoms with Crippen LogP contribution in [0, 0.1) is 0 Å². The number of carbonyl (C=O) groups excluding carboxylic acids is 1. The van der Waals surface area contributed by atoms with Crippen LogP contribution in [0.4, 0.5) is 17.5 Å². The summed E-state index contributed by atoms with van der Waals surface area (Å²) < 4.78 is 0. The number of rotatable bonds is 6. The fraction of sp³-hybridized carbons (Fsp3) is 0.190.